The van der Waals surface area contributed by atoms with E-state index in [0.29, 0.717) is 24.7 Å². The number of fused-ring (bicyclic) bond motifs is 1. The van der Waals surface area contributed by atoms with Crippen molar-refractivity contribution in [3.05, 3.63) is 29.8 Å². The number of aliphatic imine (C=N–C) groups is 1. The molecular formula is C18H22N2O5S2. The minimum Gasteiger partial charge on any atom is -0.497 e. The zero-order chi connectivity index (χ0) is 19.0. The van der Waals surface area contributed by atoms with E-state index in [4.69, 9.17) is 9.47 Å². The van der Waals surface area contributed by atoms with Gasteiger partial charge in [-0.25, -0.2) is 8.42 Å². The second kappa shape index (κ2) is 7.44. The summed E-state index contributed by atoms with van der Waals surface area (Å²) >= 11 is 1.40. The lowest BCUT2D eigenvalue weighted by Crippen LogP contribution is -2.37. The van der Waals surface area contributed by atoms with Gasteiger partial charge in [0.1, 0.15) is 11.9 Å². The quantitative estimate of drug-likeness (QED) is 0.743. The number of benzene rings is 1. The van der Waals surface area contributed by atoms with E-state index >= 15 is 0 Å². The van der Waals surface area contributed by atoms with Crippen molar-refractivity contribution >= 4 is 32.7 Å². The third-order valence-electron chi connectivity index (χ3n) is 5.10. The van der Waals surface area contributed by atoms with Gasteiger partial charge >= 0.3 is 0 Å². The molecule has 3 saturated heterocycles. The van der Waals surface area contributed by atoms with Crippen LogP contribution in [0.25, 0.3) is 0 Å². The lowest BCUT2D eigenvalue weighted by atomic mass is 10.1. The van der Waals surface area contributed by atoms with Crippen molar-refractivity contribution in [2.45, 2.75) is 36.8 Å². The molecule has 27 heavy (non-hydrogen) atoms. The van der Waals surface area contributed by atoms with Gasteiger partial charge in [0.25, 0.3) is 5.91 Å². The molecular weight excluding hydrogens is 388 g/mol. The van der Waals surface area contributed by atoms with Gasteiger partial charge in [-0.15, -0.1) is 0 Å². The number of thioether (sulfide) groups is 1. The Labute approximate surface area is 163 Å². The molecule has 1 amide bonds. The zero-order valence-corrected chi connectivity index (χ0v) is 16.7. The summed E-state index contributed by atoms with van der Waals surface area (Å²) in [4.78, 5) is 18.7. The summed E-state index contributed by atoms with van der Waals surface area (Å²) < 4.78 is 34.8. The molecule has 1 unspecified atom stereocenters. The first-order valence-electron chi connectivity index (χ1n) is 8.96. The molecule has 3 aliphatic rings. The van der Waals surface area contributed by atoms with Gasteiger partial charge in [0, 0.05) is 18.4 Å². The minimum absolute atomic E-state index is 0.0794. The maximum absolute atomic E-state index is 12.4. The topological polar surface area (TPSA) is 85.3 Å². The molecule has 0 N–H and O–H groups in total. The van der Waals surface area contributed by atoms with E-state index in [1.165, 1.54) is 11.8 Å². The average molecular weight is 411 g/mol. The first kappa shape index (κ1) is 18.8. The third kappa shape index (κ3) is 4.00. The number of carbonyl (C=O) groups excluding carboxylic acids is 1. The molecule has 0 radical (unpaired) electrons. The Morgan fingerprint density at radius 3 is 2.78 bits per heavy atom. The van der Waals surface area contributed by atoms with E-state index in [2.05, 4.69) is 4.99 Å². The molecule has 0 aliphatic carbocycles. The van der Waals surface area contributed by atoms with Crippen LogP contribution in [0.1, 0.15) is 18.4 Å². The highest BCUT2D eigenvalue weighted by molar-refractivity contribution is 8.15. The molecule has 1 aromatic rings. The van der Waals surface area contributed by atoms with E-state index in [-0.39, 0.29) is 28.7 Å². The molecule has 4 rings (SSSR count). The summed E-state index contributed by atoms with van der Waals surface area (Å²) in [7, 11) is -1.44. The molecule has 1 aromatic carbocycles. The van der Waals surface area contributed by atoms with Crippen molar-refractivity contribution in [3.63, 3.8) is 0 Å². The number of amidine groups is 1. The van der Waals surface area contributed by atoms with E-state index in [1.807, 2.05) is 29.2 Å². The van der Waals surface area contributed by atoms with Gasteiger partial charge in [0.05, 0.1) is 24.7 Å². The zero-order valence-electron chi connectivity index (χ0n) is 15.0. The molecule has 146 valence electrons. The SMILES string of the molecule is COc1ccc(CN2C(=NC(=O)C3CCCO3)S[C@H]3CS(=O)(=O)C[C@H]32)cc1. The minimum atomic E-state index is -3.06. The van der Waals surface area contributed by atoms with Gasteiger partial charge in [0.15, 0.2) is 15.0 Å². The van der Waals surface area contributed by atoms with Crippen molar-refractivity contribution in [1.29, 1.82) is 0 Å². The molecule has 0 spiro atoms. The first-order valence-corrected chi connectivity index (χ1v) is 11.7. The summed E-state index contributed by atoms with van der Waals surface area (Å²) in [5, 5.41) is 0.528. The van der Waals surface area contributed by atoms with Crippen LogP contribution in [0, 0.1) is 0 Å². The Balaban J connectivity index is 1.58. The fraction of sp³-hybridized carbons (Fsp3) is 0.556. The standard InChI is InChI=1S/C18H22N2O5S2/c1-24-13-6-4-12(5-7-13)9-20-14-10-27(22,23)11-16(14)26-18(20)19-17(21)15-3-2-8-25-15/h4-7,14-16H,2-3,8-11H2,1H3/t14-,15?,16+/m1/s1. The fourth-order valence-electron chi connectivity index (χ4n) is 3.69. The number of sulfone groups is 1. The number of methoxy groups -OCH3 is 1. The van der Waals surface area contributed by atoms with Crippen molar-refractivity contribution in [3.8, 4) is 5.75 Å². The highest BCUT2D eigenvalue weighted by atomic mass is 32.2. The lowest BCUT2D eigenvalue weighted by molar-refractivity contribution is -0.126. The number of hydrogen-bond donors (Lipinski definition) is 0. The number of carbonyl (C=O) groups is 1. The van der Waals surface area contributed by atoms with E-state index in [9.17, 15) is 13.2 Å². The van der Waals surface area contributed by atoms with Crippen LogP contribution in [0.2, 0.25) is 0 Å². The van der Waals surface area contributed by atoms with Gasteiger partial charge in [-0.3, -0.25) is 4.79 Å². The summed E-state index contributed by atoms with van der Waals surface area (Å²) in [5.41, 5.74) is 1.01. The first-order chi connectivity index (χ1) is 12.9. The van der Waals surface area contributed by atoms with Crippen LogP contribution in [0.15, 0.2) is 29.3 Å². The smallest absolute Gasteiger partial charge is 0.277 e. The molecule has 9 heteroatoms. The highest BCUT2D eigenvalue weighted by Gasteiger charge is 2.48. The molecule has 3 atom stereocenters. The number of ether oxygens (including phenoxy) is 2. The second-order valence-electron chi connectivity index (χ2n) is 7.01. The van der Waals surface area contributed by atoms with Gasteiger partial charge in [0.2, 0.25) is 0 Å². The maximum Gasteiger partial charge on any atom is 0.277 e. The number of rotatable bonds is 4. The van der Waals surface area contributed by atoms with E-state index in [1.54, 1.807) is 7.11 Å². The van der Waals surface area contributed by atoms with Crippen LogP contribution in [-0.4, -0.2) is 67.0 Å². The second-order valence-corrected chi connectivity index (χ2v) is 10.4. The molecule has 3 heterocycles. The van der Waals surface area contributed by atoms with Gasteiger partial charge < -0.3 is 14.4 Å². The molecule has 3 fully saturated rings. The predicted molar refractivity (Wildman–Crippen MR) is 104 cm³/mol. The van der Waals surface area contributed by atoms with Crippen LogP contribution in [0.3, 0.4) is 0 Å². The molecule has 0 bridgehead atoms. The maximum atomic E-state index is 12.4. The third-order valence-corrected chi connectivity index (χ3v) is 8.35. The van der Waals surface area contributed by atoms with Crippen LogP contribution in [0.4, 0.5) is 0 Å². The van der Waals surface area contributed by atoms with E-state index in [0.717, 1.165) is 17.7 Å². The van der Waals surface area contributed by atoms with Gasteiger partial charge in [-0.1, -0.05) is 23.9 Å². The van der Waals surface area contributed by atoms with Crippen LogP contribution < -0.4 is 4.74 Å². The molecule has 0 saturated carbocycles. The Morgan fingerprint density at radius 2 is 2.11 bits per heavy atom. The number of nitrogens with zero attached hydrogens (tertiary/aromatic N) is 2. The summed E-state index contributed by atoms with van der Waals surface area (Å²) in [6, 6.07) is 7.48. The van der Waals surface area contributed by atoms with Crippen LogP contribution >= 0.6 is 11.8 Å². The molecule has 7 nitrogen and oxygen atoms in total. The number of amides is 1. The Bertz CT molecular complexity index is 847. The average Bonchev–Trinajstić information content (AvgIpc) is 3.33. The van der Waals surface area contributed by atoms with Gasteiger partial charge in [-0.05, 0) is 30.5 Å². The predicted octanol–water partition coefficient (Wildman–Crippen LogP) is 1.47. The van der Waals surface area contributed by atoms with Gasteiger partial charge in [-0.2, -0.15) is 4.99 Å². The van der Waals surface area contributed by atoms with Crippen molar-refractivity contribution in [2.24, 2.45) is 4.99 Å². The Kier molecular flexibility index (Phi) is 5.17. The van der Waals surface area contributed by atoms with Crippen molar-refractivity contribution in [1.82, 2.24) is 4.90 Å². The number of hydrogen-bond acceptors (Lipinski definition) is 6. The molecule has 0 aromatic heterocycles. The summed E-state index contributed by atoms with van der Waals surface area (Å²) in [6.07, 6.45) is 1.10. The lowest BCUT2D eigenvalue weighted by Gasteiger charge is -2.24. The van der Waals surface area contributed by atoms with Crippen LogP contribution in [0.5, 0.6) is 5.75 Å². The fourth-order valence-corrected chi connectivity index (χ4v) is 7.64. The summed E-state index contributed by atoms with van der Waals surface area (Å²) in [5.74, 6) is 0.735. The monoisotopic (exact) mass is 410 g/mol. The molecule has 3 aliphatic heterocycles. The van der Waals surface area contributed by atoms with Crippen LogP contribution in [-0.2, 0) is 25.9 Å². The Morgan fingerprint density at radius 1 is 1.33 bits per heavy atom. The van der Waals surface area contributed by atoms with Crippen molar-refractivity contribution < 1.29 is 22.7 Å². The Hall–Kier alpha value is -1.58. The van der Waals surface area contributed by atoms with Crippen molar-refractivity contribution in [2.75, 3.05) is 25.2 Å². The van der Waals surface area contributed by atoms with E-state index < -0.39 is 15.9 Å². The normalized spacial score (nSPS) is 30.6. The largest absolute Gasteiger partial charge is 0.497 e. The summed E-state index contributed by atoms with van der Waals surface area (Å²) in [6.45, 7) is 1.10. The highest BCUT2D eigenvalue weighted by Crippen LogP contribution is 2.39.